The van der Waals surface area contributed by atoms with Gasteiger partial charge in [-0.1, -0.05) is 12.1 Å². The highest BCUT2D eigenvalue weighted by Crippen LogP contribution is 2.16. The fourth-order valence-corrected chi connectivity index (χ4v) is 3.55. The van der Waals surface area contributed by atoms with E-state index in [9.17, 15) is 13.2 Å². The molecule has 9 heteroatoms. The topological polar surface area (TPSA) is 107 Å². The smallest absolute Gasteiger partial charge is 0.258 e. The largest absolute Gasteiger partial charge is 0.305 e. The molecule has 2 heterocycles. The van der Waals surface area contributed by atoms with Crippen LogP contribution in [-0.4, -0.2) is 17.8 Å². The van der Waals surface area contributed by atoms with E-state index in [2.05, 4.69) is 10.3 Å². The average Bonchev–Trinajstić information content (AvgIpc) is 3.01. The molecule has 0 unspecified atom stereocenters. The second-order valence-electron chi connectivity index (χ2n) is 5.36. The number of fused-ring (bicyclic) bond motifs is 1. The molecule has 0 saturated carbocycles. The van der Waals surface area contributed by atoms with Crippen LogP contribution in [0.4, 0.5) is 0 Å². The molecule has 3 rings (SSSR count). The second kappa shape index (κ2) is 6.44. The Morgan fingerprint density at radius 2 is 2.04 bits per heavy atom. The van der Waals surface area contributed by atoms with Crippen molar-refractivity contribution < 1.29 is 8.42 Å². The SMILES string of the molecule is C[C@H](NCc1cc(=O)n2ccsc2n1)c1ccc(S(N)(=O)=O)cc1. The molecule has 0 spiro atoms. The molecule has 0 saturated heterocycles. The highest BCUT2D eigenvalue weighted by Gasteiger charge is 2.10. The summed E-state index contributed by atoms with van der Waals surface area (Å²) in [4.78, 5) is 17.1. The van der Waals surface area contributed by atoms with Gasteiger partial charge in [-0.3, -0.25) is 9.20 Å². The lowest BCUT2D eigenvalue weighted by atomic mass is 10.1. The van der Waals surface area contributed by atoms with Crippen LogP contribution in [0, 0.1) is 0 Å². The fourth-order valence-electron chi connectivity index (χ4n) is 2.30. The van der Waals surface area contributed by atoms with Gasteiger partial charge in [0, 0.05) is 30.2 Å². The van der Waals surface area contributed by atoms with Crippen molar-refractivity contribution in [1.29, 1.82) is 0 Å². The lowest BCUT2D eigenvalue weighted by molar-refractivity contribution is 0.567. The van der Waals surface area contributed by atoms with E-state index in [4.69, 9.17) is 5.14 Å². The van der Waals surface area contributed by atoms with Crippen LogP contribution in [0.3, 0.4) is 0 Å². The predicted molar refractivity (Wildman–Crippen MR) is 92.4 cm³/mol. The number of primary sulfonamides is 1. The van der Waals surface area contributed by atoms with Crippen molar-refractivity contribution in [2.45, 2.75) is 24.4 Å². The van der Waals surface area contributed by atoms with Gasteiger partial charge in [0.15, 0.2) is 4.96 Å². The summed E-state index contributed by atoms with van der Waals surface area (Å²) in [6, 6.07) is 7.84. The number of aromatic nitrogens is 2. The maximum absolute atomic E-state index is 11.9. The minimum absolute atomic E-state index is 0.0388. The Kier molecular flexibility index (Phi) is 4.50. The first-order valence-corrected chi connectivity index (χ1v) is 9.59. The molecule has 0 radical (unpaired) electrons. The lowest BCUT2D eigenvalue weighted by Crippen LogP contribution is -2.21. The highest BCUT2D eigenvalue weighted by atomic mass is 32.2. The molecule has 3 N–H and O–H groups in total. The third-order valence-electron chi connectivity index (χ3n) is 3.65. The van der Waals surface area contributed by atoms with Crippen LogP contribution in [0.5, 0.6) is 0 Å². The van der Waals surface area contributed by atoms with Crippen molar-refractivity contribution in [3.63, 3.8) is 0 Å². The summed E-state index contributed by atoms with van der Waals surface area (Å²) in [5, 5.41) is 10.2. The number of sulfonamides is 1. The van der Waals surface area contributed by atoms with Crippen LogP contribution in [0.2, 0.25) is 0 Å². The summed E-state index contributed by atoms with van der Waals surface area (Å²) < 4.78 is 24.0. The normalized spacial score (nSPS) is 13.2. The van der Waals surface area contributed by atoms with Gasteiger partial charge in [0.05, 0.1) is 10.6 Å². The Balaban J connectivity index is 1.72. The minimum atomic E-state index is -3.69. The van der Waals surface area contributed by atoms with E-state index < -0.39 is 10.0 Å². The van der Waals surface area contributed by atoms with Crippen molar-refractivity contribution in [2.24, 2.45) is 5.14 Å². The molecule has 0 fully saturated rings. The number of hydrogen-bond acceptors (Lipinski definition) is 6. The Hall–Kier alpha value is -2.07. The Morgan fingerprint density at radius 3 is 2.71 bits per heavy atom. The molecule has 0 aliphatic rings. The minimum Gasteiger partial charge on any atom is -0.305 e. The Labute approximate surface area is 142 Å². The monoisotopic (exact) mass is 364 g/mol. The van der Waals surface area contributed by atoms with E-state index >= 15 is 0 Å². The molecule has 0 bridgehead atoms. The van der Waals surface area contributed by atoms with Gasteiger partial charge in [-0.15, -0.1) is 11.3 Å². The molecular weight excluding hydrogens is 348 g/mol. The van der Waals surface area contributed by atoms with Crippen LogP contribution in [0.15, 0.2) is 51.6 Å². The van der Waals surface area contributed by atoms with Gasteiger partial charge < -0.3 is 5.32 Å². The number of thiazole rings is 1. The van der Waals surface area contributed by atoms with Gasteiger partial charge in [-0.25, -0.2) is 18.5 Å². The molecular formula is C15H16N4O3S2. The van der Waals surface area contributed by atoms with E-state index in [-0.39, 0.29) is 16.5 Å². The number of nitrogens with two attached hydrogens (primary N) is 1. The summed E-state index contributed by atoms with van der Waals surface area (Å²) in [6.07, 6.45) is 1.70. The van der Waals surface area contributed by atoms with Crippen molar-refractivity contribution in [3.05, 3.63) is 63.5 Å². The average molecular weight is 364 g/mol. The zero-order valence-electron chi connectivity index (χ0n) is 12.8. The zero-order chi connectivity index (χ0) is 17.3. The Bertz CT molecular complexity index is 1020. The maximum atomic E-state index is 11.9. The van der Waals surface area contributed by atoms with Crippen LogP contribution < -0.4 is 16.0 Å². The molecule has 1 atom stereocenters. The molecule has 3 aromatic rings. The van der Waals surface area contributed by atoms with Crippen LogP contribution in [0.25, 0.3) is 4.96 Å². The summed E-state index contributed by atoms with van der Waals surface area (Å²) in [6.45, 7) is 2.38. The van der Waals surface area contributed by atoms with Gasteiger partial charge in [-0.05, 0) is 24.6 Å². The molecule has 1 aromatic carbocycles. The lowest BCUT2D eigenvalue weighted by Gasteiger charge is -2.14. The molecule has 126 valence electrons. The summed E-state index contributed by atoms with van der Waals surface area (Å²) in [5.74, 6) is 0. The van der Waals surface area contributed by atoms with Gasteiger partial charge >= 0.3 is 0 Å². The molecule has 7 nitrogen and oxygen atoms in total. The number of hydrogen-bond donors (Lipinski definition) is 2. The second-order valence-corrected chi connectivity index (χ2v) is 7.79. The van der Waals surface area contributed by atoms with Crippen LogP contribution >= 0.6 is 11.3 Å². The number of nitrogens with one attached hydrogen (secondary N) is 1. The summed E-state index contributed by atoms with van der Waals surface area (Å²) in [7, 11) is -3.69. The number of nitrogens with zero attached hydrogens (tertiary/aromatic N) is 2. The van der Waals surface area contributed by atoms with E-state index in [1.54, 1.807) is 18.3 Å². The van der Waals surface area contributed by atoms with Crippen molar-refractivity contribution in [3.8, 4) is 0 Å². The molecule has 0 amide bonds. The van der Waals surface area contributed by atoms with Crippen LogP contribution in [-0.2, 0) is 16.6 Å². The predicted octanol–water partition coefficient (Wildman–Crippen LogP) is 1.25. The fraction of sp³-hybridized carbons (Fsp3) is 0.200. The zero-order valence-corrected chi connectivity index (χ0v) is 14.5. The van der Waals surface area contributed by atoms with E-state index in [1.807, 2.05) is 12.3 Å². The van der Waals surface area contributed by atoms with Gasteiger partial charge in [0.2, 0.25) is 10.0 Å². The first-order valence-electron chi connectivity index (χ1n) is 7.16. The molecule has 24 heavy (non-hydrogen) atoms. The molecule has 2 aromatic heterocycles. The van der Waals surface area contributed by atoms with Gasteiger partial charge in [-0.2, -0.15) is 0 Å². The highest BCUT2D eigenvalue weighted by molar-refractivity contribution is 7.89. The summed E-state index contributed by atoms with van der Waals surface area (Å²) >= 11 is 1.41. The number of benzene rings is 1. The summed E-state index contributed by atoms with van der Waals surface area (Å²) in [5.41, 5.74) is 1.47. The Morgan fingerprint density at radius 1 is 1.33 bits per heavy atom. The molecule has 0 aliphatic carbocycles. The number of rotatable bonds is 5. The maximum Gasteiger partial charge on any atom is 0.258 e. The van der Waals surface area contributed by atoms with E-state index in [1.165, 1.54) is 33.9 Å². The van der Waals surface area contributed by atoms with Gasteiger partial charge in [0.1, 0.15) is 0 Å². The quantitative estimate of drug-likeness (QED) is 0.709. The van der Waals surface area contributed by atoms with Crippen molar-refractivity contribution in [2.75, 3.05) is 0 Å². The van der Waals surface area contributed by atoms with E-state index in [0.717, 1.165) is 5.56 Å². The van der Waals surface area contributed by atoms with Gasteiger partial charge in [0.25, 0.3) is 5.56 Å². The first-order chi connectivity index (χ1) is 11.3. The van der Waals surface area contributed by atoms with Crippen molar-refractivity contribution in [1.82, 2.24) is 14.7 Å². The van der Waals surface area contributed by atoms with Crippen LogP contribution in [0.1, 0.15) is 24.2 Å². The third kappa shape index (κ3) is 3.54. The van der Waals surface area contributed by atoms with Crippen molar-refractivity contribution >= 4 is 26.3 Å². The standard InChI is InChI=1S/C15H16N4O3S2/c1-10(11-2-4-13(5-3-11)24(16,21)22)17-9-12-8-14(20)19-6-7-23-15(19)18-12/h2-8,10,17H,9H2,1H3,(H2,16,21,22)/t10-/m0/s1. The van der Waals surface area contributed by atoms with E-state index in [0.29, 0.717) is 17.2 Å². The molecule has 0 aliphatic heterocycles. The third-order valence-corrected chi connectivity index (χ3v) is 5.34. The first kappa shape index (κ1) is 16.8.